The van der Waals surface area contributed by atoms with Gasteiger partial charge in [0.2, 0.25) is 5.91 Å². The van der Waals surface area contributed by atoms with Gasteiger partial charge in [-0.15, -0.1) is 0 Å². The number of rotatable bonds is 5. The highest BCUT2D eigenvalue weighted by Gasteiger charge is 2.25. The predicted octanol–water partition coefficient (Wildman–Crippen LogP) is 0.357. The van der Waals surface area contributed by atoms with Gasteiger partial charge in [0.15, 0.2) is 0 Å². The molecule has 0 spiro atoms. The monoisotopic (exact) mass is 248 g/mol. The number of aromatic nitrogens is 2. The van der Waals surface area contributed by atoms with Gasteiger partial charge < -0.3 is 4.90 Å². The normalized spacial score (nSPS) is 14.2. The van der Waals surface area contributed by atoms with Crippen molar-refractivity contribution < 1.29 is 4.79 Å². The Balaban J connectivity index is 1.99. The molecule has 0 atom stereocenters. The third-order valence-electron chi connectivity index (χ3n) is 3.10. The van der Waals surface area contributed by atoms with Crippen molar-refractivity contribution in [3.05, 3.63) is 22.9 Å². The van der Waals surface area contributed by atoms with E-state index in [0.717, 1.165) is 12.8 Å². The summed E-state index contributed by atoms with van der Waals surface area (Å²) in [6.45, 7) is 0.438. The van der Waals surface area contributed by atoms with E-state index in [1.54, 1.807) is 24.0 Å². The molecule has 2 rings (SSSR count). The molecule has 1 saturated carbocycles. The average molecular weight is 248 g/mol. The van der Waals surface area contributed by atoms with Crippen LogP contribution in [0, 0.1) is 11.3 Å². The van der Waals surface area contributed by atoms with Crippen molar-refractivity contribution in [3.8, 4) is 6.07 Å². The molecule has 18 heavy (non-hydrogen) atoms. The molecule has 1 fully saturated rings. The zero-order valence-electron chi connectivity index (χ0n) is 10.4. The second-order valence-electron chi connectivity index (χ2n) is 4.57. The lowest BCUT2D eigenvalue weighted by Crippen LogP contribution is -2.34. The number of carbonyl (C=O) groups excluding carboxylic acids is 1. The third-order valence-corrected chi connectivity index (χ3v) is 3.10. The van der Waals surface area contributed by atoms with Crippen molar-refractivity contribution in [1.82, 2.24) is 14.0 Å². The molecule has 0 bridgehead atoms. The second kappa shape index (κ2) is 5.08. The Kier molecular flexibility index (Phi) is 3.51. The molecule has 0 radical (unpaired) electrons. The van der Waals surface area contributed by atoms with Gasteiger partial charge in [-0.3, -0.25) is 13.9 Å². The molecular weight excluding hydrogens is 232 g/mol. The summed E-state index contributed by atoms with van der Waals surface area (Å²) in [4.78, 5) is 25.2. The maximum atomic E-state index is 11.9. The fraction of sp³-hybridized carbons (Fsp3) is 0.583. The van der Waals surface area contributed by atoms with Crippen LogP contribution in [0.5, 0.6) is 0 Å². The van der Waals surface area contributed by atoms with Crippen LogP contribution in [-0.4, -0.2) is 33.5 Å². The molecule has 1 heterocycles. The first-order valence-corrected chi connectivity index (χ1v) is 6.01. The van der Waals surface area contributed by atoms with E-state index in [4.69, 9.17) is 5.26 Å². The molecule has 6 nitrogen and oxygen atoms in total. The zero-order chi connectivity index (χ0) is 13.1. The number of nitriles is 1. The average Bonchev–Trinajstić information content (AvgIpc) is 3.13. The van der Waals surface area contributed by atoms with Crippen LogP contribution in [0.3, 0.4) is 0 Å². The van der Waals surface area contributed by atoms with E-state index >= 15 is 0 Å². The maximum absolute atomic E-state index is 11.9. The number of imidazole rings is 1. The topological polar surface area (TPSA) is 71.0 Å². The molecule has 96 valence electrons. The Labute approximate surface area is 105 Å². The molecule has 0 aliphatic heterocycles. The van der Waals surface area contributed by atoms with Gasteiger partial charge in [0.25, 0.3) is 0 Å². The molecule has 1 aliphatic carbocycles. The van der Waals surface area contributed by atoms with Crippen LogP contribution in [0.4, 0.5) is 0 Å². The molecule has 1 amide bonds. The van der Waals surface area contributed by atoms with Crippen LogP contribution in [0.1, 0.15) is 25.3 Å². The molecular formula is C12H16N4O2. The van der Waals surface area contributed by atoms with Gasteiger partial charge in [-0.1, -0.05) is 0 Å². The Hall–Kier alpha value is -2.03. The lowest BCUT2D eigenvalue weighted by atomic mass is 10.4. The van der Waals surface area contributed by atoms with Crippen LogP contribution < -0.4 is 5.69 Å². The second-order valence-corrected chi connectivity index (χ2v) is 4.57. The first-order valence-electron chi connectivity index (χ1n) is 6.01. The van der Waals surface area contributed by atoms with E-state index in [1.165, 1.54) is 9.47 Å². The lowest BCUT2D eigenvalue weighted by Gasteiger charge is -2.15. The van der Waals surface area contributed by atoms with Crippen molar-refractivity contribution >= 4 is 5.91 Å². The Bertz CT molecular complexity index is 533. The van der Waals surface area contributed by atoms with Crippen molar-refractivity contribution in [3.63, 3.8) is 0 Å². The first kappa shape index (κ1) is 12.4. The van der Waals surface area contributed by atoms with Crippen molar-refractivity contribution in [2.75, 3.05) is 13.6 Å². The summed E-state index contributed by atoms with van der Waals surface area (Å²) in [7, 11) is 1.64. The number of hydrogen-bond acceptors (Lipinski definition) is 3. The number of carbonyl (C=O) groups is 1. The van der Waals surface area contributed by atoms with Gasteiger partial charge in [-0.05, 0) is 12.8 Å². The maximum Gasteiger partial charge on any atom is 0.328 e. The van der Waals surface area contributed by atoms with Gasteiger partial charge in [0, 0.05) is 32.0 Å². The van der Waals surface area contributed by atoms with Crippen LogP contribution in [0.25, 0.3) is 0 Å². The summed E-state index contributed by atoms with van der Waals surface area (Å²) in [5.41, 5.74) is -0.125. The summed E-state index contributed by atoms with van der Waals surface area (Å²) in [5, 5.41) is 8.46. The van der Waals surface area contributed by atoms with E-state index in [9.17, 15) is 9.59 Å². The van der Waals surface area contributed by atoms with Crippen LogP contribution in [-0.2, 0) is 11.3 Å². The van der Waals surface area contributed by atoms with Crippen LogP contribution >= 0.6 is 0 Å². The number of likely N-dealkylation sites (N-methyl/N-ethyl adjacent to an activating group) is 1. The highest BCUT2D eigenvalue weighted by molar-refractivity contribution is 5.75. The molecule has 1 aromatic heterocycles. The van der Waals surface area contributed by atoms with E-state index in [-0.39, 0.29) is 18.1 Å². The van der Waals surface area contributed by atoms with E-state index in [1.807, 2.05) is 6.07 Å². The minimum absolute atomic E-state index is 0.0421. The summed E-state index contributed by atoms with van der Waals surface area (Å²) >= 11 is 0. The third kappa shape index (κ3) is 2.62. The number of nitrogens with zero attached hydrogens (tertiary/aromatic N) is 4. The molecule has 0 unspecified atom stereocenters. The van der Waals surface area contributed by atoms with Crippen LogP contribution in [0.2, 0.25) is 0 Å². The van der Waals surface area contributed by atoms with Crippen molar-refractivity contribution in [2.45, 2.75) is 31.8 Å². The fourth-order valence-electron chi connectivity index (χ4n) is 1.79. The number of hydrogen-bond donors (Lipinski definition) is 0. The SMILES string of the molecule is CN(CCC#N)C(=O)Cn1ccn(C2CC2)c1=O. The molecule has 0 aromatic carbocycles. The lowest BCUT2D eigenvalue weighted by molar-refractivity contribution is -0.130. The van der Waals surface area contributed by atoms with E-state index in [2.05, 4.69) is 0 Å². The Morgan fingerprint density at radius 3 is 2.89 bits per heavy atom. The van der Waals surface area contributed by atoms with Gasteiger partial charge in [-0.2, -0.15) is 5.26 Å². The quantitative estimate of drug-likeness (QED) is 0.755. The zero-order valence-corrected chi connectivity index (χ0v) is 10.4. The summed E-state index contributed by atoms with van der Waals surface area (Å²) < 4.78 is 3.10. The largest absolute Gasteiger partial charge is 0.343 e. The van der Waals surface area contributed by atoms with Crippen molar-refractivity contribution in [2.24, 2.45) is 0 Å². The van der Waals surface area contributed by atoms with E-state index < -0.39 is 0 Å². The highest BCUT2D eigenvalue weighted by Crippen LogP contribution is 2.33. The summed E-state index contributed by atoms with van der Waals surface area (Å²) in [6, 6.07) is 2.31. The summed E-state index contributed by atoms with van der Waals surface area (Å²) in [5.74, 6) is -0.152. The molecule has 0 saturated heterocycles. The molecule has 0 N–H and O–H groups in total. The Morgan fingerprint density at radius 1 is 1.56 bits per heavy atom. The van der Waals surface area contributed by atoms with Gasteiger partial charge >= 0.3 is 5.69 Å². The minimum Gasteiger partial charge on any atom is -0.343 e. The van der Waals surface area contributed by atoms with Gasteiger partial charge in [0.1, 0.15) is 6.54 Å². The highest BCUT2D eigenvalue weighted by atomic mass is 16.2. The standard InChI is InChI=1S/C12H16N4O2/c1-14(6-2-5-13)11(17)9-15-7-8-16(12(15)18)10-3-4-10/h7-8,10H,2-4,6,9H2,1H3. The smallest absolute Gasteiger partial charge is 0.328 e. The van der Waals surface area contributed by atoms with Crippen LogP contribution in [0.15, 0.2) is 17.2 Å². The first-order chi connectivity index (χ1) is 8.63. The minimum atomic E-state index is -0.152. The van der Waals surface area contributed by atoms with E-state index in [0.29, 0.717) is 19.0 Å². The fourth-order valence-corrected chi connectivity index (χ4v) is 1.79. The number of amides is 1. The summed E-state index contributed by atoms with van der Waals surface area (Å²) in [6.07, 6.45) is 5.78. The molecule has 1 aliphatic rings. The molecule has 1 aromatic rings. The van der Waals surface area contributed by atoms with Gasteiger partial charge in [-0.25, -0.2) is 4.79 Å². The van der Waals surface area contributed by atoms with Crippen molar-refractivity contribution in [1.29, 1.82) is 5.26 Å². The predicted molar refractivity (Wildman–Crippen MR) is 64.8 cm³/mol. The van der Waals surface area contributed by atoms with Gasteiger partial charge in [0.05, 0.1) is 12.5 Å². The Morgan fingerprint density at radius 2 is 2.28 bits per heavy atom. The molecule has 6 heteroatoms.